The molecule has 1 fully saturated rings. The quantitative estimate of drug-likeness (QED) is 0.616. The molecular formula is C13H13F2NO3. The molecule has 2 rings (SSSR count). The van der Waals surface area contributed by atoms with Crippen LogP contribution in [0.3, 0.4) is 0 Å². The molecule has 0 aromatic heterocycles. The van der Waals surface area contributed by atoms with Crippen LogP contribution in [0.1, 0.15) is 6.92 Å². The third kappa shape index (κ3) is 2.89. The maximum absolute atomic E-state index is 13.1. The standard InChI is InChI=1S/C13H13F2NO3/c1-2-19-13(18)11-6-16(7-12(11)17)10-4-8(14)3-9(15)5-10/h3-5,11H,2,6-7H2,1H3. The van der Waals surface area contributed by atoms with Crippen LogP contribution in [0.2, 0.25) is 0 Å². The number of carbonyl (C=O) groups is 2. The first-order valence-corrected chi connectivity index (χ1v) is 5.91. The van der Waals surface area contributed by atoms with Gasteiger partial charge in [0.05, 0.1) is 13.2 Å². The summed E-state index contributed by atoms with van der Waals surface area (Å²) in [6.45, 7) is 1.88. The fraction of sp³-hybridized carbons (Fsp3) is 0.385. The van der Waals surface area contributed by atoms with Crippen molar-refractivity contribution in [3.05, 3.63) is 29.8 Å². The monoisotopic (exact) mass is 269 g/mol. The summed E-state index contributed by atoms with van der Waals surface area (Å²) in [6.07, 6.45) is 0. The van der Waals surface area contributed by atoms with Gasteiger partial charge < -0.3 is 9.64 Å². The Labute approximate surface area is 109 Å². The van der Waals surface area contributed by atoms with Crippen LogP contribution in [0.25, 0.3) is 0 Å². The van der Waals surface area contributed by atoms with Crippen molar-refractivity contribution in [3.8, 4) is 0 Å². The molecule has 1 aromatic carbocycles. The zero-order valence-electron chi connectivity index (χ0n) is 10.4. The molecule has 1 aliphatic heterocycles. The van der Waals surface area contributed by atoms with Gasteiger partial charge in [-0.15, -0.1) is 0 Å². The summed E-state index contributed by atoms with van der Waals surface area (Å²) >= 11 is 0. The molecule has 0 bridgehead atoms. The highest BCUT2D eigenvalue weighted by Gasteiger charge is 2.37. The third-order valence-electron chi connectivity index (χ3n) is 2.92. The molecule has 6 heteroatoms. The first-order chi connectivity index (χ1) is 9.01. The molecule has 102 valence electrons. The Kier molecular flexibility index (Phi) is 3.78. The summed E-state index contributed by atoms with van der Waals surface area (Å²) in [6, 6.07) is 3.01. The third-order valence-corrected chi connectivity index (χ3v) is 2.92. The Bertz CT molecular complexity index is 498. The van der Waals surface area contributed by atoms with E-state index in [9.17, 15) is 18.4 Å². The highest BCUT2D eigenvalue weighted by molar-refractivity contribution is 6.04. The number of rotatable bonds is 3. The van der Waals surface area contributed by atoms with E-state index in [4.69, 9.17) is 4.74 Å². The molecule has 0 aliphatic carbocycles. The lowest BCUT2D eigenvalue weighted by atomic mass is 10.1. The zero-order valence-corrected chi connectivity index (χ0v) is 10.4. The van der Waals surface area contributed by atoms with Crippen molar-refractivity contribution in [3.63, 3.8) is 0 Å². The van der Waals surface area contributed by atoms with Crippen LogP contribution >= 0.6 is 0 Å². The minimum Gasteiger partial charge on any atom is -0.465 e. The second-order valence-electron chi connectivity index (χ2n) is 4.28. The molecule has 1 unspecified atom stereocenters. The van der Waals surface area contributed by atoms with Gasteiger partial charge in [0, 0.05) is 18.3 Å². The molecule has 0 saturated carbocycles. The van der Waals surface area contributed by atoms with E-state index < -0.39 is 23.5 Å². The molecule has 4 nitrogen and oxygen atoms in total. The van der Waals surface area contributed by atoms with Crippen molar-refractivity contribution in [2.24, 2.45) is 5.92 Å². The smallest absolute Gasteiger partial charge is 0.318 e. The summed E-state index contributed by atoms with van der Waals surface area (Å²) in [4.78, 5) is 24.7. The predicted octanol–water partition coefficient (Wildman–Crippen LogP) is 1.53. The van der Waals surface area contributed by atoms with E-state index in [1.54, 1.807) is 6.92 Å². The van der Waals surface area contributed by atoms with Gasteiger partial charge in [0.15, 0.2) is 5.78 Å². The fourth-order valence-electron chi connectivity index (χ4n) is 2.05. The van der Waals surface area contributed by atoms with Gasteiger partial charge in [0.25, 0.3) is 0 Å². The fourth-order valence-corrected chi connectivity index (χ4v) is 2.05. The number of carbonyl (C=O) groups excluding carboxylic acids is 2. The van der Waals surface area contributed by atoms with E-state index in [2.05, 4.69) is 0 Å². The molecule has 0 amide bonds. The largest absolute Gasteiger partial charge is 0.465 e. The molecular weight excluding hydrogens is 256 g/mol. The zero-order chi connectivity index (χ0) is 14.0. The summed E-state index contributed by atoms with van der Waals surface area (Å²) in [5.41, 5.74) is 0.248. The summed E-state index contributed by atoms with van der Waals surface area (Å²) in [5.74, 6) is -3.22. The second-order valence-corrected chi connectivity index (χ2v) is 4.28. The number of ether oxygens (including phenoxy) is 1. The molecule has 1 aromatic rings. The Hall–Kier alpha value is -1.98. The van der Waals surface area contributed by atoms with Crippen LogP contribution in [0.5, 0.6) is 0 Å². The molecule has 0 N–H and O–H groups in total. The normalized spacial score (nSPS) is 18.8. The number of ketones is 1. The molecule has 19 heavy (non-hydrogen) atoms. The molecule has 1 aliphatic rings. The number of anilines is 1. The maximum Gasteiger partial charge on any atom is 0.318 e. The Morgan fingerprint density at radius 3 is 2.58 bits per heavy atom. The summed E-state index contributed by atoms with van der Waals surface area (Å²) in [5, 5.41) is 0. The maximum atomic E-state index is 13.1. The van der Waals surface area contributed by atoms with Gasteiger partial charge in [-0.2, -0.15) is 0 Å². The van der Waals surface area contributed by atoms with E-state index in [0.717, 1.165) is 18.2 Å². The lowest BCUT2D eigenvalue weighted by molar-refractivity contribution is -0.149. The predicted molar refractivity (Wildman–Crippen MR) is 63.7 cm³/mol. The van der Waals surface area contributed by atoms with Crippen molar-refractivity contribution < 1.29 is 23.1 Å². The lowest BCUT2D eigenvalue weighted by Gasteiger charge is -2.17. The van der Waals surface area contributed by atoms with Crippen LogP contribution in [0, 0.1) is 17.6 Å². The second kappa shape index (κ2) is 5.34. The molecule has 1 saturated heterocycles. The van der Waals surface area contributed by atoms with Gasteiger partial charge in [-0.1, -0.05) is 0 Å². The van der Waals surface area contributed by atoms with Crippen molar-refractivity contribution in [1.82, 2.24) is 0 Å². The van der Waals surface area contributed by atoms with Gasteiger partial charge >= 0.3 is 5.97 Å². The van der Waals surface area contributed by atoms with E-state index in [0.29, 0.717) is 0 Å². The number of Topliss-reactive ketones (excluding diaryl/α,β-unsaturated/α-hetero) is 1. The van der Waals surface area contributed by atoms with Gasteiger partial charge in [0.2, 0.25) is 0 Å². The van der Waals surface area contributed by atoms with Gasteiger partial charge in [-0.25, -0.2) is 8.78 Å². The number of halogens is 2. The number of esters is 1. The molecule has 0 radical (unpaired) electrons. The summed E-state index contributed by atoms with van der Waals surface area (Å²) < 4.78 is 31.0. The van der Waals surface area contributed by atoms with E-state index in [1.165, 1.54) is 4.90 Å². The van der Waals surface area contributed by atoms with Crippen molar-refractivity contribution in [2.75, 3.05) is 24.6 Å². The van der Waals surface area contributed by atoms with Crippen LogP contribution in [-0.4, -0.2) is 31.4 Å². The average Bonchev–Trinajstić information content (AvgIpc) is 2.70. The number of benzene rings is 1. The van der Waals surface area contributed by atoms with Crippen molar-refractivity contribution in [2.45, 2.75) is 6.92 Å². The van der Waals surface area contributed by atoms with Crippen molar-refractivity contribution >= 4 is 17.4 Å². The van der Waals surface area contributed by atoms with E-state index in [1.807, 2.05) is 0 Å². The lowest BCUT2D eigenvalue weighted by Crippen LogP contribution is -2.25. The Morgan fingerprint density at radius 1 is 1.37 bits per heavy atom. The molecule has 1 heterocycles. The highest BCUT2D eigenvalue weighted by atomic mass is 19.1. The first kappa shape index (κ1) is 13.5. The van der Waals surface area contributed by atoms with Gasteiger partial charge in [0.1, 0.15) is 17.6 Å². The van der Waals surface area contributed by atoms with Crippen molar-refractivity contribution in [1.29, 1.82) is 0 Å². The van der Waals surface area contributed by atoms with Crippen LogP contribution in [-0.2, 0) is 14.3 Å². The van der Waals surface area contributed by atoms with Crippen LogP contribution < -0.4 is 4.90 Å². The van der Waals surface area contributed by atoms with Crippen LogP contribution in [0.15, 0.2) is 18.2 Å². The molecule has 0 spiro atoms. The van der Waals surface area contributed by atoms with Gasteiger partial charge in [-0.3, -0.25) is 9.59 Å². The Balaban J connectivity index is 2.16. The van der Waals surface area contributed by atoms with Crippen LogP contribution in [0.4, 0.5) is 14.5 Å². The summed E-state index contributed by atoms with van der Waals surface area (Å²) in [7, 11) is 0. The SMILES string of the molecule is CCOC(=O)C1CN(c2cc(F)cc(F)c2)CC1=O. The van der Waals surface area contributed by atoms with Gasteiger partial charge in [-0.05, 0) is 19.1 Å². The number of hydrogen-bond donors (Lipinski definition) is 0. The minimum atomic E-state index is -0.883. The highest BCUT2D eigenvalue weighted by Crippen LogP contribution is 2.24. The number of hydrogen-bond acceptors (Lipinski definition) is 4. The van der Waals surface area contributed by atoms with E-state index in [-0.39, 0.29) is 31.2 Å². The average molecular weight is 269 g/mol. The molecule has 1 atom stereocenters. The topological polar surface area (TPSA) is 46.6 Å². The van der Waals surface area contributed by atoms with E-state index >= 15 is 0 Å². The first-order valence-electron chi connectivity index (χ1n) is 5.91. The Morgan fingerprint density at radius 2 is 2.00 bits per heavy atom. The number of nitrogens with zero attached hydrogens (tertiary/aromatic N) is 1. The minimum absolute atomic E-state index is 0.0492.